The van der Waals surface area contributed by atoms with Crippen LogP contribution >= 0.6 is 0 Å². The predicted octanol–water partition coefficient (Wildman–Crippen LogP) is 2.05. The Morgan fingerprint density at radius 3 is 2.50 bits per heavy atom. The second-order valence-corrected chi connectivity index (χ2v) is 6.53. The van der Waals surface area contributed by atoms with Crippen LogP contribution in [0.4, 0.5) is 0 Å². The van der Waals surface area contributed by atoms with Gasteiger partial charge in [0.2, 0.25) is 11.8 Å². The molecule has 22 heavy (non-hydrogen) atoms. The van der Waals surface area contributed by atoms with E-state index in [0.717, 1.165) is 22.2 Å². The Hall–Kier alpha value is -2.30. The third kappa shape index (κ3) is 4.10. The number of hydrogen-bond acceptors (Lipinski definition) is 2. The molecule has 0 atom stereocenters. The zero-order valence-corrected chi connectivity index (χ0v) is 13.5. The Bertz CT molecular complexity index is 695. The molecule has 2 amide bonds. The summed E-state index contributed by atoms with van der Waals surface area (Å²) in [6.45, 7) is 7.67. The van der Waals surface area contributed by atoms with Crippen LogP contribution in [0.5, 0.6) is 0 Å². The molecular weight excluding hydrogens is 278 g/mol. The summed E-state index contributed by atoms with van der Waals surface area (Å²) in [6, 6.07) is 7.89. The van der Waals surface area contributed by atoms with Crippen LogP contribution in [0.15, 0.2) is 24.3 Å². The van der Waals surface area contributed by atoms with E-state index in [9.17, 15) is 9.59 Å². The van der Waals surface area contributed by atoms with E-state index in [1.807, 2.05) is 52.0 Å². The van der Waals surface area contributed by atoms with E-state index in [2.05, 4.69) is 15.6 Å². The second-order valence-electron chi connectivity index (χ2n) is 6.53. The molecule has 2 aromatic rings. The summed E-state index contributed by atoms with van der Waals surface area (Å²) in [5.74, 6) is -0.339. The van der Waals surface area contributed by atoms with Crippen LogP contribution in [0.25, 0.3) is 10.9 Å². The highest BCUT2D eigenvalue weighted by Crippen LogP contribution is 2.22. The highest BCUT2D eigenvalue weighted by atomic mass is 16.2. The first kappa shape index (κ1) is 16.1. The molecule has 3 N–H and O–H groups in total. The summed E-state index contributed by atoms with van der Waals surface area (Å²) in [7, 11) is 0. The van der Waals surface area contributed by atoms with E-state index >= 15 is 0 Å². The number of fused-ring (bicyclic) bond motifs is 1. The van der Waals surface area contributed by atoms with Crippen LogP contribution < -0.4 is 10.6 Å². The van der Waals surface area contributed by atoms with Crippen molar-refractivity contribution >= 4 is 22.7 Å². The number of H-pyrrole nitrogens is 1. The van der Waals surface area contributed by atoms with Gasteiger partial charge in [-0.25, -0.2) is 0 Å². The smallest absolute Gasteiger partial charge is 0.239 e. The lowest BCUT2D eigenvalue weighted by molar-refractivity contribution is -0.126. The highest BCUT2D eigenvalue weighted by molar-refractivity contribution is 5.91. The average Bonchev–Trinajstić information content (AvgIpc) is 2.71. The van der Waals surface area contributed by atoms with Crippen molar-refractivity contribution in [1.29, 1.82) is 0 Å². The van der Waals surface area contributed by atoms with Gasteiger partial charge in [0.25, 0.3) is 0 Å². The molecule has 0 fully saturated rings. The lowest BCUT2D eigenvalue weighted by atomic mass is 10.1. The summed E-state index contributed by atoms with van der Waals surface area (Å²) >= 11 is 0. The quantitative estimate of drug-likeness (QED) is 0.808. The van der Waals surface area contributed by atoms with E-state index in [1.165, 1.54) is 0 Å². The SMILES string of the molecule is Cc1[nH]c2ccccc2c1CC(=O)NCC(=O)NC(C)(C)C. The zero-order valence-electron chi connectivity index (χ0n) is 13.5. The van der Waals surface area contributed by atoms with Crippen LogP contribution in [0.2, 0.25) is 0 Å². The lowest BCUT2D eigenvalue weighted by Crippen LogP contribution is -2.46. The molecule has 5 nitrogen and oxygen atoms in total. The fourth-order valence-electron chi connectivity index (χ4n) is 2.43. The van der Waals surface area contributed by atoms with Crippen molar-refractivity contribution in [2.24, 2.45) is 0 Å². The first-order chi connectivity index (χ1) is 10.3. The van der Waals surface area contributed by atoms with Gasteiger partial charge in [0, 0.05) is 22.1 Å². The number of aryl methyl sites for hydroxylation is 1. The number of rotatable bonds is 4. The Kier molecular flexibility index (Phi) is 4.54. The van der Waals surface area contributed by atoms with E-state index in [-0.39, 0.29) is 30.3 Å². The first-order valence-corrected chi connectivity index (χ1v) is 7.40. The molecule has 1 heterocycles. The molecule has 0 aliphatic carbocycles. The molecule has 5 heteroatoms. The summed E-state index contributed by atoms with van der Waals surface area (Å²) in [5.41, 5.74) is 2.68. The summed E-state index contributed by atoms with van der Waals surface area (Å²) < 4.78 is 0. The molecule has 0 radical (unpaired) electrons. The van der Waals surface area contributed by atoms with Gasteiger partial charge in [-0.05, 0) is 39.3 Å². The van der Waals surface area contributed by atoms with Gasteiger partial charge in [-0.3, -0.25) is 9.59 Å². The normalized spacial score (nSPS) is 11.5. The van der Waals surface area contributed by atoms with Gasteiger partial charge >= 0.3 is 0 Å². The number of hydrogen-bond donors (Lipinski definition) is 3. The van der Waals surface area contributed by atoms with Crippen molar-refractivity contribution in [1.82, 2.24) is 15.6 Å². The van der Waals surface area contributed by atoms with Crippen LogP contribution in [-0.2, 0) is 16.0 Å². The Labute approximate surface area is 130 Å². The van der Waals surface area contributed by atoms with Gasteiger partial charge in [0.1, 0.15) is 0 Å². The van der Waals surface area contributed by atoms with Crippen molar-refractivity contribution in [2.45, 2.75) is 39.7 Å². The van der Waals surface area contributed by atoms with Gasteiger partial charge in [-0.2, -0.15) is 0 Å². The minimum atomic E-state index is -0.296. The molecule has 0 bridgehead atoms. The molecular formula is C17H23N3O2. The Morgan fingerprint density at radius 2 is 1.82 bits per heavy atom. The van der Waals surface area contributed by atoms with Crippen molar-refractivity contribution in [3.8, 4) is 0 Å². The largest absolute Gasteiger partial charge is 0.358 e. The molecule has 2 rings (SSSR count). The van der Waals surface area contributed by atoms with E-state index in [1.54, 1.807) is 0 Å². The van der Waals surface area contributed by atoms with Crippen molar-refractivity contribution < 1.29 is 9.59 Å². The second kappa shape index (κ2) is 6.22. The number of aromatic amines is 1. The summed E-state index contributed by atoms with van der Waals surface area (Å²) in [4.78, 5) is 27.1. The fraction of sp³-hybridized carbons (Fsp3) is 0.412. The van der Waals surface area contributed by atoms with Crippen molar-refractivity contribution in [3.63, 3.8) is 0 Å². The standard InChI is InChI=1S/C17H23N3O2/c1-11-13(12-7-5-6-8-14(12)19-11)9-15(21)18-10-16(22)20-17(2,3)4/h5-8,19H,9-10H2,1-4H3,(H,18,21)(H,20,22). The number of nitrogens with one attached hydrogen (secondary N) is 3. The van der Waals surface area contributed by atoms with Gasteiger partial charge in [-0.15, -0.1) is 0 Å². The maximum absolute atomic E-state index is 12.1. The van der Waals surface area contributed by atoms with Crippen LogP contribution in [0.1, 0.15) is 32.0 Å². The van der Waals surface area contributed by atoms with Gasteiger partial charge in [0.05, 0.1) is 13.0 Å². The number of amides is 2. The molecule has 0 aliphatic heterocycles. The van der Waals surface area contributed by atoms with Crippen LogP contribution in [0, 0.1) is 6.92 Å². The lowest BCUT2D eigenvalue weighted by Gasteiger charge is -2.20. The molecule has 1 aromatic carbocycles. The van der Waals surface area contributed by atoms with E-state index in [0.29, 0.717) is 0 Å². The molecule has 0 saturated carbocycles. The molecule has 0 unspecified atom stereocenters. The highest BCUT2D eigenvalue weighted by Gasteiger charge is 2.16. The van der Waals surface area contributed by atoms with E-state index < -0.39 is 0 Å². The summed E-state index contributed by atoms with van der Waals surface area (Å²) in [6.07, 6.45) is 0.263. The van der Waals surface area contributed by atoms with Crippen LogP contribution in [-0.4, -0.2) is 28.9 Å². The number of benzene rings is 1. The zero-order chi connectivity index (χ0) is 16.3. The minimum Gasteiger partial charge on any atom is -0.358 e. The average molecular weight is 301 g/mol. The maximum atomic E-state index is 12.1. The van der Waals surface area contributed by atoms with Gasteiger partial charge < -0.3 is 15.6 Å². The third-order valence-electron chi connectivity index (χ3n) is 3.32. The molecule has 0 aliphatic rings. The fourth-order valence-corrected chi connectivity index (χ4v) is 2.43. The first-order valence-electron chi connectivity index (χ1n) is 7.40. The van der Waals surface area contributed by atoms with Gasteiger partial charge in [-0.1, -0.05) is 18.2 Å². The number of carbonyl (C=O) groups excluding carboxylic acids is 2. The number of para-hydroxylation sites is 1. The maximum Gasteiger partial charge on any atom is 0.239 e. The van der Waals surface area contributed by atoms with E-state index in [4.69, 9.17) is 0 Å². The molecule has 0 saturated heterocycles. The number of aromatic nitrogens is 1. The minimum absolute atomic E-state index is 0.00247. The topological polar surface area (TPSA) is 74.0 Å². The van der Waals surface area contributed by atoms with Crippen LogP contribution in [0.3, 0.4) is 0 Å². The molecule has 0 spiro atoms. The third-order valence-corrected chi connectivity index (χ3v) is 3.32. The monoisotopic (exact) mass is 301 g/mol. The Balaban J connectivity index is 1.97. The Morgan fingerprint density at radius 1 is 1.14 bits per heavy atom. The molecule has 118 valence electrons. The summed E-state index contributed by atoms with van der Waals surface area (Å²) in [5, 5.41) is 6.54. The molecule has 1 aromatic heterocycles. The predicted molar refractivity (Wildman–Crippen MR) is 87.6 cm³/mol. The van der Waals surface area contributed by atoms with Gasteiger partial charge in [0.15, 0.2) is 0 Å². The van der Waals surface area contributed by atoms with Crippen molar-refractivity contribution in [2.75, 3.05) is 6.54 Å². The number of carbonyl (C=O) groups is 2. The van der Waals surface area contributed by atoms with Crippen molar-refractivity contribution in [3.05, 3.63) is 35.5 Å².